The Hall–Kier alpha value is -1.39. The summed E-state index contributed by atoms with van der Waals surface area (Å²) in [6, 6.07) is 7.71. The van der Waals surface area contributed by atoms with Gasteiger partial charge >= 0.3 is 0 Å². The molecule has 1 saturated heterocycles. The van der Waals surface area contributed by atoms with Crippen LogP contribution in [0.1, 0.15) is 19.3 Å². The highest BCUT2D eigenvalue weighted by Gasteiger charge is 2.16. The van der Waals surface area contributed by atoms with E-state index in [2.05, 4.69) is 10.2 Å². The predicted octanol–water partition coefficient (Wildman–Crippen LogP) is 3.23. The third-order valence-corrected chi connectivity index (χ3v) is 3.57. The van der Waals surface area contributed by atoms with Crippen LogP contribution in [-0.2, 0) is 4.74 Å². The molecular weight excluding hydrogens is 264 g/mol. The van der Waals surface area contributed by atoms with Crippen molar-refractivity contribution >= 4 is 22.4 Å². The molecule has 1 aromatic carbocycles. The van der Waals surface area contributed by atoms with Crippen LogP contribution in [0, 0.1) is 0 Å². The second kappa shape index (κ2) is 5.72. The summed E-state index contributed by atoms with van der Waals surface area (Å²) in [5.74, 6) is 0.522. The Morgan fingerprint density at radius 1 is 1.21 bits per heavy atom. The number of rotatable bonds is 3. The second-order valence-electron chi connectivity index (χ2n) is 4.64. The molecule has 1 aromatic heterocycles. The van der Waals surface area contributed by atoms with Crippen molar-refractivity contribution in [1.82, 2.24) is 10.2 Å². The zero-order valence-electron chi connectivity index (χ0n) is 10.5. The standard InChI is InChI=1S/C14H15ClN2O2/c15-13-11-6-1-2-7-12(11)14(17-16-13)19-9-10-5-3-4-8-18-10/h1-2,6-7,10H,3-5,8-9H2. The minimum atomic E-state index is 0.157. The van der Waals surface area contributed by atoms with Crippen molar-refractivity contribution in [2.24, 2.45) is 0 Å². The van der Waals surface area contributed by atoms with Crippen molar-refractivity contribution in [2.75, 3.05) is 13.2 Å². The number of fused-ring (bicyclic) bond motifs is 1. The first kappa shape index (κ1) is 12.6. The molecule has 0 radical (unpaired) electrons. The number of halogens is 1. The molecule has 1 aliphatic heterocycles. The lowest BCUT2D eigenvalue weighted by atomic mass is 10.1. The SMILES string of the molecule is Clc1nnc(OCC2CCCCO2)c2ccccc12. The van der Waals surface area contributed by atoms with Crippen LogP contribution in [0.3, 0.4) is 0 Å². The summed E-state index contributed by atoms with van der Waals surface area (Å²) in [5.41, 5.74) is 0. The first-order chi connectivity index (χ1) is 9.34. The summed E-state index contributed by atoms with van der Waals surface area (Å²) >= 11 is 6.02. The summed E-state index contributed by atoms with van der Waals surface area (Å²) in [4.78, 5) is 0. The number of aromatic nitrogens is 2. The Balaban J connectivity index is 1.79. The quantitative estimate of drug-likeness (QED) is 0.865. The fraction of sp³-hybridized carbons (Fsp3) is 0.429. The monoisotopic (exact) mass is 278 g/mol. The molecule has 3 rings (SSSR count). The van der Waals surface area contributed by atoms with Crippen LogP contribution in [0.15, 0.2) is 24.3 Å². The van der Waals surface area contributed by atoms with Gasteiger partial charge in [-0.05, 0) is 25.3 Å². The van der Waals surface area contributed by atoms with E-state index < -0.39 is 0 Å². The van der Waals surface area contributed by atoms with Crippen LogP contribution in [-0.4, -0.2) is 29.5 Å². The normalized spacial score (nSPS) is 19.5. The van der Waals surface area contributed by atoms with Gasteiger partial charge in [-0.3, -0.25) is 0 Å². The van der Waals surface area contributed by atoms with Gasteiger partial charge in [0.1, 0.15) is 6.61 Å². The van der Waals surface area contributed by atoms with E-state index in [9.17, 15) is 0 Å². The Kier molecular flexibility index (Phi) is 3.80. The molecule has 2 heterocycles. The van der Waals surface area contributed by atoms with Gasteiger partial charge in [0.05, 0.1) is 6.10 Å². The van der Waals surface area contributed by atoms with Crippen molar-refractivity contribution in [3.05, 3.63) is 29.4 Å². The van der Waals surface area contributed by atoms with Crippen molar-refractivity contribution in [3.8, 4) is 5.88 Å². The summed E-state index contributed by atoms with van der Waals surface area (Å²) in [6.07, 6.45) is 3.53. The molecule has 0 saturated carbocycles. The van der Waals surface area contributed by atoms with E-state index in [0.29, 0.717) is 17.6 Å². The van der Waals surface area contributed by atoms with Crippen molar-refractivity contribution in [1.29, 1.82) is 0 Å². The highest BCUT2D eigenvalue weighted by atomic mass is 35.5. The molecule has 0 N–H and O–H groups in total. The fourth-order valence-corrected chi connectivity index (χ4v) is 2.47. The third kappa shape index (κ3) is 2.80. The van der Waals surface area contributed by atoms with Crippen LogP contribution >= 0.6 is 11.6 Å². The van der Waals surface area contributed by atoms with Gasteiger partial charge in [0.15, 0.2) is 5.15 Å². The smallest absolute Gasteiger partial charge is 0.241 e. The molecule has 0 bridgehead atoms. The van der Waals surface area contributed by atoms with E-state index in [1.807, 2.05) is 24.3 Å². The molecule has 19 heavy (non-hydrogen) atoms. The lowest BCUT2D eigenvalue weighted by Gasteiger charge is -2.22. The van der Waals surface area contributed by atoms with Gasteiger partial charge in [-0.15, -0.1) is 10.2 Å². The average Bonchev–Trinajstić information content (AvgIpc) is 2.48. The van der Waals surface area contributed by atoms with Gasteiger partial charge in [0.2, 0.25) is 5.88 Å². The number of benzene rings is 1. The lowest BCUT2D eigenvalue weighted by molar-refractivity contribution is -0.0117. The molecule has 0 spiro atoms. The second-order valence-corrected chi connectivity index (χ2v) is 5.00. The van der Waals surface area contributed by atoms with E-state index in [-0.39, 0.29) is 6.10 Å². The van der Waals surface area contributed by atoms with Gasteiger partial charge < -0.3 is 9.47 Å². The van der Waals surface area contributed by atoms with Crippen LogP contribution in [0.4, 0.5) is 0 Å². The molecule has 5 heteroatoms. The number of ether oxygens (including phenoxy) is 2. The Morgan fingerprint density at radius 2 is 2.05 bits per heavy atom. The van der Waals surface area contributed by atoms with Crippen LogP contribution in [0.5, 0.6) is 5.88 Å². The minimum Gasteiger partial charge on any atom is -0.473 e. The largest absolute Gasteiger partial charge is 0.473 e. The van der Waals surface area contributed by atoms with E-state index >= 15 is 0 Å². The molecule has 1 unspecified atom stereocenters. The summed E-state index contributed by atoms with van der Waals surface area (Å²) < 4.78 is 11.4. The molecule has 0 amide bonds. The molecule has 4 nitrogen and oxygen atoms in total. The molecule has 1 aliphatic rings. The zero-order valence-corrected chi connectivity index (χ0v) is 11.3. The molecule has 2 aromatic rings. The van der Waals surface area contributed by atoms with Gasteiger partial charge in [-0.25, -0.2) is 0 Å². The fourth-order valence-electron chi connectivity index (χ4n) is 2.26. The number of nitrogens with zero attached hydrogens (tertiary/aromatic N) is 2. The van der Waals surface area contributed by atoms with E-state index in [1.165, 1.54) is 6.42 Å². The third-order valence-electron chi connectivity index (χ3n) is 3.29. The predicted molar refractivity (Wildman–Crippen MR) is 73.6 cm³/mol. The minimum absolute atomic E-state index is 0.157. The van der Waals surface area contributed by atoms with Gasteiger partial charge in [-0.2, -0.15) is 0 Å². The van der Waals surface area contributed by atoms with E-state index in [0.717, 1.165) is 30.2 Å². The van der Waals surface area contributed by atoms with Gasteiger partial charge in [-0.1, -0.05) is 29.8 Å². The van der Waals surface area contributed by atoms with Crippen LogP contribution in [0.2, 0.25) is 5.15 Å². The Bertz CT molecular complexity index is 570. The Morgan fingerprint density at radius 3 is 2.84 bits per heavy atom. The van der Waals surface area contributed by atoms with Crippen LogP contribution < -0.4 is 4.74 Å². The van der Waals surface area contributed by atoms with Crippen molar-refractivity contribution < 1.29 is 9.47 Å². The highest BCUT2D eigenvalue weighted by Crippen LogP contribution is 2.27. The molecule has 1 atom stereocenters. The zero-order chi connectivity index (χ0) is 13.1. The summed E-state index contributed by atoms with van der Waals surface area (Å²) in [6.45, 7) is 1.33. The van der Waals surface area contributed by atoms with Crippen molar-refractivity contribution in [3.63, 3.8) is 0 Å². The number of hydrogen-bond acceptors (Lipinski definition) is 4. The molecule has 0 aliphatic carbocycles. The van der Waals surface area contributed by atoms with Gasteiger partial charge in [0.25, 0.3) is 0 Å². The van der Waals surface area contributed by atoms with E-state index in [1.54, 1.807) is 0 Å². The first-order valence-electron chi connectivity index (χ1n) is 6.50. The summed E-state index contributed by atoms with van der Waals surface area (Å²) in [5, 5.41) is 10.1. The maximum Gasteiger partial charge on any atom is 0.241 e. The maximum atomic E-state index is 6.02. The molecule has 1 fully saturated rings. The molecular formula is C14H15ClN2O2. The average molecular weight is 279 g/mol. The Labute approximate surface area is 116 Å². The lowest BCUT2D eigenvalue weighted by Crippen LogP contribution is -2.26. The van der Waals surface area contributed by atoms with Crippen molar-refractivity contribution in [2.45, 2.75) is 25.4 Å². The van der Waals surface area contributed by atoms with Gasteiger partial charge in [0, 0.05) is 17.4 Å². The number of hydrogen-bond donors (Lipinski definition) is 0. The van der Waals surface area contributed by atoms with E-state index in [4.69, 9.17) is 21.1 Å². The maximum absolute atomic E-state index is 6.02. The molecule has 100 valence electrons. The van der Waals surface area contributed by atoms with Crippen LogP contribution in [0.25, 0.3) is 10.8 Å². The topological polar surface area (TPSA) is 44.2 Å². The highest BCUT2D eigenvalue weighted by molar-refractivity contribution is 6.34. The first-order valence-corrected chi connectivity index (χ1v) is 6.88. The summed E-state index contributed by atoms with van der Waals surface area (Å²) in [7, 11) is 0.